The SMILES string of the molecule is O=S(=O)(Nc1nnc(C(F)(F)F)s1)c1csc2ccccc12. The molecule has 0 amide bonds. The van der Waals surface area contributed by atoms with E-state index in [0.717, 1.165) is 4.70 Å². The summed E-state index contributed by atoms with van der Waals surface area (Å²) in [5.74, 6) is 0. The van der Waals surface area contributed by atoms with Gasteiger partial charge < -0.3 is 0 Å². The fraction of sp³-hybridized carbons (Fsp3) is 0.0909. The number of benzene rings is 1. The number of nitrogens with zero attached hydrogens (tertiary/aromatic N) is 2. The fourth-order valence-corrected chi connectivity index (χ4v) is 5.06. The van der Waals surface area contributed by atoms with Crippen LogP contribution in [0.1, 0.15) is 5.01 Å². The van der Waals surface area contributed by atoms with Crippen LogP contribution in [0.25, 0.3) is 10.1 Å². The van der Waals surface area contributed by atoms with E-state index in [0.29, 0.717) is 5.39 Å². The molecule has 2 heterocycles. The number of nitrogens with one attached hydrogen (secondary N) is 1. The van der Waals surface area contributed by atoms with Gasteiger partial charge in [-0.3, -0.25) is 4.72 Å². The first kappa shape index (κ1) is 15.2. The Morgan fingerprint density at radius 1 is 1.14 bits per heavy atom. The average molecular weight is 365 g/mol. The van der Waals surface area contributed by atoms with Crippen LogP contribution >= 0.6 is 22.7 Å². The number of sulfonamides is 1. The number of fused-ring (bicyclic) bond motifs is 1. The summed E-state index contributed by atoms with van der Waals surface area (Å²) in [5, 5.41) is 6.45. The zero-order valence-electron chi connectivity index (χ0n) is 10.5. The molecule has 1 N–H and O–H groups in total. The maximum atomic E-state index is 12.4. The number of aromatic nitrogens is 2. The van der Waals surface area contributed by atoms with Crippen molar-refractivity contribution < 1.29 is 21.6 Å². The molecule has 0 unspecified atom stereocenters. The van der Waals surface area contributed by atoms with Gasteiger partial charge in [-0.15, -0.1) is 21.5 Å². The van der Waals surface area contributed by atoms with E-state index in [9.17, 15) is 21.6 Å². The van der Waals surface area contributed by atoms with Crippen LogP contribution in [-0.4, -0.2) is 18.6 Å². The van der Waals surface area contributed by atoms with Crippen molar-refractivity contribution >= 4 is 47.9 Å². The summed E-state index contributed by atoms with van der Waals surface area (Å²) in [7, 11) is -4.03. The van der Waals surface area contributed by atoms with E-state index in [1.807, 2.05) is 4.72 Å². The smallest absolute Gasteiger partial charge is 0.253 e. The molecule has 0 aliphatic rings. The fourth-order valence-electron chi connectivity index (χ4n) is 1.71. The molecule has 3 rings (SSSR count). The molecule has 0 fully saturated rings. The predicted molar refractivity (Wildman–Crippen MR) is 77.5 cm³/mol. The maximum absolute atomic E-state index is 12.4. The van der Waals surface area contributed by atoms with Gasteiger partial charge in [-0.1, -0.05) is 29.5 Å². The van der Waals surface area contributed by atoms with E-state index in [1.54, 1.807) is 24.3 Å². The Morgan fingerprint density at radius 3 is 2.55 bits per heavy atom. The first-order chi connectivity index (χ1) is 10.3. The lowest BCUT2D eigenvalue weighted by atomic mass is 10.3. The van der Waals surface area contributed by atoms with Crippen LogP contribution in [0.5, 0.6) is 0 Å². The zero-order valence-corrected chi connectivity index (χ0v) is 12.9. The van der Waals surface area contributed by atoms with E-state index in [2.05, 4.69) is 10.2 Å². The zero-order chi connectivity index (χ0) is 16.0. The normalized spacial score (nSPS) is 12.7. The number of halogens is 3. The van der Waals surface area contributed by atoms with Gasteiger partial charge in [-0.25, -0.2) is 8.42 Å². The number of thiophene rings is 1. The van der Waals surface area contributed by atoms with Crippen LogP contribution in [0, 0.1) is 0 Å². The van der Waals surface area contributed by atoms with Gasteiger partial charge in [-0.05, 0) is 6.07 Å². The van der Waals surface area contributed by atoms with Crippen LogP contribution in [0.2, 0.25) is 0 Å². The second-order valence-corrected chi connectivity index (χ2v) is 7.65. The summed E-state index contributed by atoms with van der Waals surface area (Å²) in [6.07, 6.45) is -4.66. The third kappa shape index (κ3) is 2.78. The highest BCUT2D eigenvalue weighted by atomic mass is 32.2. The average Bonchev–Trinajstić information content (AvgIpc) is 3.03. The second-order valence-electron chi connectivity index (χ2n) is 4.11. The molecule has 22 heavy (non-hydrogen) atoms. The summed E-state index contributed by atoms with van der Waals surface area (Å²) >= 11 is 1.36. The monoisotopic (exact) mass is 365 g/mol. The lowest BCUT2D eigenvalue weighted by Crippen LogP contribution is -2.12. The topological polar surface area (TPSA) is 72.0 Å². The quantitative estimate of drug-likeness (QED) is 0.770. The Kier molecular flexibility index (Phi) is 3.57. The highest BCUT2D eigenvalue weighted by molar-refractivity contribution is 7.93. The van der Waals surface area contributed by atoms with Gasteiger partial charge in [0.2, 0.25) is 10.1 Å². The van der Waals surface area contributed by atoms with E-state index in [4.69, 9.17) is 0 Å². The Morgan fingerprint density at radius 2 is 1.86 bits per heavy atom. The molecule has 11 heteroatoms. The molecular formula is C11H6F3N3O2S3. The minimum Gasteiger partial charge on any atom is -0.253 e. The Balaban J connectivity index is 1.96. The largest absolute Gasteiger partial charge is 0.445 e. The van der Waals surface area contributed by atoms with Gasteiger partial charge in [-0.2, -0.15) is 13.2 Å². The summed E-state index contributed by atoms with van der Waals surface area (Å²) in [5.41, 5.74) is 0. The minimum atomic E-state index is -4.66. The van der Waals surface area contributed by atoms with E-state index < -0.39 is 26.3 Å². The lowest BCUT2D eigenvalue weighted by Gasteiger charge is -2.03. The van der Waals surface area contributed by atoms with Crippen molar-refractivity contribution in [2.24, 2.45) is 0 Å². The van der Waals surface area contributed by atoms with Gasteiger partial charge in [0.05, 0.1) is 0 Å². The highest BCUT2D eigenvalue weighted by Crippen LogP contribution is 2.35. The van der Waals surface area contributed by atoms with Crippen molar-refractivity contribution in [2.75, 3.05) is 4.72 Å². The standard InChI is InChI=1S/C11H6F3N3O2S3/c12-11(13,14)9-15-16-10(21-9)17-22(18,19)8-5-20-7-4-2-1-3-6(7)8/h1-5H,(H,16,17). The highest BCUT2D eigenvalue weighted by Gasteiger charge is 2.36. The van der Waals surface area contributed by atoms with Gasteiger partial charge in [0.25, 0.3) is 10.0 Å². The Bertz CT molecular complexity index is 931. The molecule has 3 aromatic rings. The Labute approximate surface area is 130 Å². The molecule has 1 aromatic carbocycles. The molecular weight excluding hydrogens is 359 g/mol. The van der Waals surface area contributed by atoms with Gasteiger partial charge in [0.15, 0.2) is 0 Å². The van der Waals surface area contributed by atoms with Crippen LogP contribution in [-0.2, 0) is 16.2 Å². The lowest BCUT2D eigenvalue weighted by molar-refractivity contribution is -0.138. The van der Waals surface area contributed by atoms with Crippen molar-refractivity contribution in [1.82, 2.24) is 10.2 Å². The van der Waals surface area contributed by atoms with E-state index >= 15 is 0 Å². The van der Waals surface area contributed by atoms with E-state index in [-0.39, 0.29) is 16.2 Å². The van der Waals surface area contributed by atoms with Gasteiger partial charge in [0.1, 0.15) is 4.90 Å². The van der Waals surface area contributed by atoms with Gasteiger partial charge >= 0.3 is 6.18 Å². The summed E-state index contributed by atoms with van der Waals surface area (Å²) in [4.78, 5) is -0.00291. The maximum Gasteiger partial charge on any atom is 0.445 e. The van der Waals surface area contributed by atoms with Crippen LogP contribution < -0.4 is 4.72 Å². The molecule has 2 aromatic heterocycles. The third-order valence-electron chi connectivity index (χ3n) is 2.62. The van der Waals surface area contributed by atoms with Gasteiger partial charge in [0, 0.05) is 15.5 Å². The minimum absolute atomic E-state index is 0.00291. The van der Waals surface area contributed by atoms with Crippen molar-refractivity contribution in [2.45, 2.75) is 11.1 Å². The van der Waals surface area contributed by atoms with Crippen LogP contribution in [0.4, 0.5) is 18.3 Å². The number of alkyl halides is 3. The molecule has 0 saturated heterocycles. The van der Waals surface area contributed by atoms with Crippen LogP contribution in [0.15, 0.2) is 34.5 Å². The number of hydrogen-bond donors (Lipinski definition) is 1. The van der Waals surface area contributed by atoms with Crippen molar-refractivity contribution in [1.29, 1.82) is 0 Å². The molecule has 0 aliphatic carbocycles. The number of rotatable bonds is 3. The molecule has 116 valence electrons. The van der Waals surface area contributed by atoms with Crippen molar-refractivity contribution in [3.05, 3.63) is 34.7 Å². The van der Waals surface area contributed by atoms with Crippen molar-refractivity contribution in [3.8, 4) is 0 Å². The van der Waals surface area contributed by atoms with Crippen LogP contribution in [0.3, 0.4) is 0 Å². The van der Waals surface area contributed by atoms with E-state index in [1.165, 1.54) is 16.7 Å². The molecule has 0 bridgehead atoms. The summed E-state index contributed by atoms with van der Waals surface area (Å²) in [6, 6.07) is 6.83. The predicted octanol–water partition coefficient (Wildman–Crippen LogP) is 3.57. The Hall–Kier alpha value is -1.72. The first-order valence-electron chi connectivity index (χ1n) is 5.67. The number of hydrogen-bond acceptors (Lipinski definition) is 6. The molecule has 0 atom stereocenters. The number of anilines is 1. The molecule has 0 spiro atoms. The second kappa shape index (κ2) is 5.18. The summed E-state index contributed by atoms with van der Waals surface area (Å²) in [6.45, 7) is 0. The molecule has 5 nitrogen and oxygen atoms in total. The molecule has 0 saturated carbocycles. The van der Waals surface area contributed by atoms with Crippen molar-refractivity contribution in [3.63, 3.8) is 0 Å². The third-order valence-corrected chi connectivity index (χ3v) is 6.13. The molecule has 0 aliphatic heterocycles. The molecule has 0 radical (unpaired) electrons. The first-order valence-corrected chi connectivity index (χ1v) is 8.85. The summed E-state index contributed by atoms with van der Waals surface area (Å²) < 4.78 is 64.7.